The minimum Gasteiger partial charge on any atom is -0.352 e. The van der Waals surface area contributed by atoms with Crippen LogP contribution in [-0.4, -0.2) is 60.0 Å². The highest BCUT2D eigenvalue weighted by molar-refractivity contribution is 6.39. The summed E-state index contributed by atoms with van der Waals surface area (Å²) in [5, 5.41) is 10.4. The van der Waals surface area contributed by atoms with E-state index >= 15 is 0 Å². The maximum Gasteiger partial charge on any atom is 0.270 e. The Bertz CT molecular complexity index is 1010. The van der Waals surface area contributed by atoms with E-state index in [0.29, 0.717) is 43.8 Å². The van der Waals surface area contributed by atoms with Gasteiger partial charge < -0.3 is 10.2 Å². The van der Waals surface area contributed by atoms with Crippen molar-refractivity contribution in [2.75, 3.05) is 26.7 Å². The summed E-state index contributed by atoms with van der Waals surface area (Å²) in [7, 11) is 1.58. The molecule has 0 spiro atoms. The number of nitrogens with one attached hydrogen (secondary N) is 1. The number of hydrazone groups is 1. The summed E-state index contributed by atoms with van der Waals surface area (Å²) in [6.07, 6.45) is 2.56. The van der Waals surface area contributed by atoms with E-state index in [9.17, 15) is 14.4 Å². The van der Waals surface area contributed by atoms with Crippen molar-refractivity contribution in [2.24, 2.45) is 11.0 Å². The van der Waals surface area contributed by atoms with Gasteiger partial charge in [-0.1, -0.05) is 36.4 Å². The molecule has 0 unspecified atom stereocenters. The van der Waals surface area contributed by atoms with Crippen LogP contribution in [-0.2, 0) is 9.59 Å². The van der Waals surface area contributed by atoms with Crippen LogP contribution >= 0.6 is 0 Å². The molecule has 1 fully saturated rings. The normalized spacial score (nSPS) is 19.6. The fraction of sp³-hybridized carbons (Fsp3) is 0.391. The molecule has 156 valence electrons. The van der Waals surface area contributed by atoms with Crippen molar-refractivity contribution in [3.63, 3.8) is 0 Å². The Labute approximate surface area is 175 Å². The minimum atomic E-state index is -0.0978. The topological polar surface area (TPSA) is 82.1 Å². The van der Waals surface area contributed by atoms with Crippen LogP contribution in [0.1, 0.15) is 36.0 Å². The van der Waals surface area contributed by atoms with E-state index in [2.05, 4.69) is 10.4 Å². The monoisotopic (exact) mass is 406 g/mol. The third-order valence-corrected chi connectivity index (χ3v) is 5.85. The number of benzene rings is 2. The molecule has 1 N–H and O–H groups in total. The molecule has 0 aliphatic carbocycles. The molecule has 2 heterocycles. The van der Waals surface area contributed by atoms with Crippen LogP contribution in [0, 0.1) is 5.92 Å². The number of carbonyl (C=O) groups is 3. The summed E-state index contributed by atoms with van der Waals surface area (Å²) in [4.78, 5) is 39.0. The van der Waals surface area contributed by atoms with E-state index in [0.717, 1.165) is 23.6 Å². The molecule has 2 aromatic carbocycles. The molecule has 0 saturated carbocycles. The van der Waals surface area contributed by atoms with E-state index in [-0.39, 0.29) is 23.6 Å². The van der Waals surface area contributed by atoms with Crippen LogP contribution in [0.2, 0.25) is 0 Å². The van der Waals surface area contributed by atoms with Crippen molar-refractivity contribution >= 4 is 34.2 Å². The molecule has 1 saturated heterocycles. The minimum absolute atomic E-state index is 0.0702. The highest BCUT2D eigenvalue weighted by atomic mass is 16.2. The molecule has 30 heavy (non-hydrogen) atoms. The first-order valence-electron chi connectivity index (χ1n) is 10.4. The Morgan fingerprint density at radius 3 is 2.77 bits per heavy atom. The third-order valence-electron chi connectivity index (χ3n) is 5.85. The predicted molar refractivity (Wildman–Crippen MR) is 115 cm³/mol. The van der Waals surface area contributed by atoms with E-state index in [1.807, 2.05) is 42.5 Å². The Morgan fingerprint density at radius 2 is 1.93 bits per heavy atom. The Morgan fingerprint density at radius 1 is 1.13 bits per heavy atom. The molecular weight excluding hydrogens is 380 g/mol. The maximum absolute atomic E-state index is 12.8. The standard InChI is InChI=1S/C23H26N4O3/c1-26-21(28)12-11-20(25-26)23(30)27-13-5-6-16(15-27)14-24-22(29)19-10-4-8-17-7-2-3-9-18(17)19/h2-4,7-10,16H,5-6,11-15H2,1H3,(H,24,29)/t16-/m0/s1. The van der Waals surface area contributed by atoms with Gasteiger partial charge in [-0.3, -0.25) is 14.4 Å². The molecule has 7 nitrogen and oxygen atoms in total. The average molecular weight is 406 g/mol. The van der Waals surface area contributed by atoms with E-state index < -0.39 is 0 Å². The third kappa shape index (κ3) is 4.20. The van der Waals surface area contributed by atoms with Crippen LogP contribution < -0.4 is 5.32 Å². The van der Waals surface area contributed by atoms with Crippen LogP contribution in [0.15, 0.2) is 47.6 Å². The second kappa shape index (κ2) is 8.65. The molecule has 0 aromatic heterocycles. The number of carbonyl (C=O) groups excluding carboxylic acids is 3. The lowest BCUT2D eigenvalue weighted by Crippen LogP contribution is -2.47. The van der Waals surface area contributed by atoms with Crippen molar-refractivity contribution in [3.8, 4) is 0 Å². The van der Waals surface area contributed by atoms with Crippen LogP contribution in [0.5, 0.6) is 0 Å². The van der Waals surface area contributed by atoms with Gasteiger partial charge in [-0.05, 0) is 35.6 Å². The van der Waals surface area contributed by atoms with Crippen LogP contribution in [0.4, 0.5) is 0 Å². The first kappa shape index (κ1) is 20.1. The van der Waals surface area contributed by atoms with Gasteiger partial charge in [0, 0.05) is 45.1 Å². The number of fused-ring (bicyclic) bond motifs is 1. The van der Waals surface area contributed by atoms with Gasteiger partial charge in [0.05, 0.1) is 0 Å². The molecule has 1 atom stereocenters. The van der Waals surface area contributed by atoms with Crippen LogP contribution in [0.25, 0.3) is 10.8 Å². The van der Waals surface area contributed by atoms with Gasteiger partial charge in [0.15, 0.2) is 0 Å². The van der Waals surface area contributed by atoms with E-state index in [4.69, 9.17) is 0 Å². The Hall–Kier alpha value is -3.22. The van der Waals surface area contributed by atoms with E-state index in [1.165, 1.54) is 5.01 Å². The SMILES string of the molecule is CN1N=C(C(=O)N2CCC[C@@H](CNC(=O)c3cccc4ccccc34)C2)CCC1=O. The summed E-state index contributed by atoms with van der Waals surface area (Å²) < 4.78 is 0. The zero-order chi connectivity index (χ0) is 21.1. The summed E-state index contributed by atoms with van der Waals surface area (Å²) in [6, 6.07) is 13.6. The van der Waals surface area contributed by atoms with Gasteiger partial charge in [-0.25, -0.2) is 5.01 Å². The Kier molecular flexibility index (Phi) is 5.79. The lowest BCUT2D eigenvalue weighted by Gasteiger charge is -2.33. The highest BCUT2D eigenvalue weighted by Gasteiger charge is 2.29. The lowest BCUT2D eigenvalue weighted by molar-refractivity contribution is -0.131. The predicted octanol–water partition coefficient (Wildman–Crippen LogP) is 2.42. The fourth-order valence-electron chi connectivity index (χ4n) is 4.18. The molecule has 0 radical (unpaired) electrons. The molecular formula is C23H26N4O3. The number of likely N-dealkylation sites (tertiary alicyclic amines) is 1. The lowest BCUT2D eigenvalue weighted by atomic mass is 9.96. The van der Waals surface area contributed by atoms with Gasteiger partial charge in [0.25, 0.3) is 11.8 Å². The summed E-state index contributed by atoms with van der Waals surface area (Å²) in [5.41, 5.74) is 1.11. The molecule has 2 aromatic rings. The summed E-state index contributed by atoms with van der Waals surface area (Å²) in [5.74, 6) is -0.0594. The van der Waals surface area contributed by atoms with Gasteiger partial charge in [-0.2, -0.15) is 5.10 Å². The zero-order valence-electron chi connectivity index (χ0n) is 17.1. The van der Waals surface area contributed by atoms with Gasteiger partial charge >= 0.3 is 0 Å². The molecule has 2 aliphatic rings. The number of hydrogen-bond acceptors (Lipinski definition) is 4. The number of nitrogens with zero attached hydrogens (tertiary/aromatic N) is 3. The maximum atomic E-state index is 12.8. The van der Waals surface area contributed by atoms with Crippen molar-refractivity contribution in [2.45, 2.75) is 25.7 Å². The van der Waals surface area contributed by atoms with Crippen molar-refractivity contribution in [3.05, 3.63) is 48.0 Å². The smallest absolute Gasteiger partial charge is 0.270 e. The van der Waals surface area contributed by atoms with Gasteiger partial charge in [0.1, 0.15) is 5.71 Å². The van der Waals surface area contributed by atoms with Crippen molar-refractivity contribution in [1.29, 1.82) is 0 Å². The zero-order valence-corrected chi connectivity index (χ0v) is 17.1. The summed E-state index contributed by atoms with van der Waals surface area (Å²) >= 11 is 0. The molecule has 2 aliphatic heterocycles. The first-order valence-corrected chi connectivity index (χ1v) is 10.4. The highest BCUT2D eigenvalue weighted by Crippen LogP contribution is 2.20. The number of rotatable bonds is 4. The van der Waals surface area contributed by atoms with Crippen molar-refractivity contribution < 1.29 is 14.4 Å². The van der Waals surface area contributed by atoms with Gasteiger partial charge in [0.2, 0.25) is 5.91 Å². The number of piperidine rings is 1. The average Bonchev–Trinajstić information content (AvgIpc) is 2.78. The molecule has 0 bridgehead atoms. The quantitative estimate of drug-likeness (QED) is 0.847. The first-order chi connectivity index (χ1) is 14.5. The fourth-order valence-corrected chi connectivity index (χ4v) is 4.18. The molecule has 3 amide bonds. The molecule has 4 rings (SSSR count). The Balaban J connectivity index is 1.37. The summed E-state index contributed by atoms with van der Waals surface area (Å²) in [6.45, 7) is 1.80. The number of amides is 3. The second-order valence-electron chi connectivity index (χ2n) is 7.96. The largest absolute Gasteiger partial charge is 0.352 e. The van der Waals surface area contributed by atoms with Crippen molar-refractivity contribution in [1.82, 2.24) is 15.2 Å². The molecule has 7 heteroatoms. The van der Waals surface area contributed by atoms with Gasteiger partial charge in [-0.15, -0.1) is 0 Å². The number of hydrogen-bond donors (Lipinski definition) is 1. The second-order valence-corrected chi connectivity index (χ2v) is 7.96. The van der Waals surface area contributed by atoms with Crippen LogP contribution in [0.3, 0.4) is 0 Å². The van der Waals surface area contributed by atoms with E-state index in [1.54, 1.807) is 11.9 Å².